The Bertz CT molecular complexity index is 578. The number of piperidine rings is 1. The van der Waals surface area contributed by atoms with Crippen molar-refractivity contribution in [1.29, 1.82) is 0 Å². The number of likely N-dealkylation sites (tertiary alicyclic amines) is 1. The van der Waals surface area contributed by atoms with Crippen LogP contribution in [0.25, 0.3) is 0 Å². The SMILES string of the molecule is Cc1nc(N[C@@H]2C[C@H](O)CN(C(=O)OC(C)(C)C)C2)nnc1Cl. The number of aromatic nitrogens is 3. The summed E-state index contributed by atoms with van der Waals surface area (Å²) < 4.78 is 5.35. The third-order valence-electron chi connectivity index (χ3n) is 3.22. The minimum atomic E-state index is -0.643. The lowest BCUT2D eigenvalue weighted by Gasteiger charge is -2.36. The third kappa shape index (κ3) is 5.18. The van der Waals surface area contributed by atoms with Crippen LogP contribution in [-0.4, -0.2) is 62.1 Å². The summed E-state index contributed by atoms with van der Waals surface area (Å²) in [4.78, 5) is 17.8. The van der Waals surface area contributed by atoms with E-state index in [0.717, 1.165) is 0 Å². The molecule has 0 saturated carbocycles. The first-order chi connectivity index (χ1) is 10.6. The standard InChI is InChI=1S/C14H22ClN5O3/c1-8-11(15)18-19-12(16-8)17-9-5-10(21)7-20(6-9)13(22)23-14(2,3)4/h9-10,21H,5-7H2,1-4H3,(H,16,17,19)/t9-,10+/m1/s1. The van der Waals surface area contributed by atoms with Gasteiger partial charge in [0.1, 0.15) is 5.60 Å². The number of ether oxygens (including phenoxy) is 1. The molecule has 1 aromatic heterocycles. The molecule has 0 bridgehead atoms. The van der Waals surface area contributed by atoms with E-state index in [1.165, 1.54) is 4.90 Å². The van der Waals surface area contributed by atoms with E-state index < -0.39 is 17.8 Å². The highest BCUT2D eigenvalue weighted by molar-refractivity contribution is 6.29. The molecular weight excluding hydrogens is 322 g/mol. The molecule has 2 rings (SSSR count). The maximum Gasteiger partial charge on any atom is 0.410 e. The minimum Gasteiger partial charge on any atom is -0.444 e. The Kier molecular flexibility index (Phi) is 5.26. The second kappa shape index (κ2) is 6.84. The van der Waals surface area contributed by atoms with Crippen LogP contribution < -0.4 is 5.32 Å². The molecule has 0 unspecified atom stereocenters. The van der Waals surface area contributed by atoms with Crippen molar-refractivity contribution in [1.82, 2.24) is 20.1 Å². The summed E-state index contributed by atoms with van der Waals surface area (Å²) in [6, 6.07) is -0.200. The fraction of sp³-hybridized carbons (Fsp3) is 0.714. The Morgan fingerprint density at radius 2 is 2.09 bits per heavy atom. The van der Waals surface area contributed by atoms with Crippen molar-refractivity contribution in [2.75, 3.05) is 18.4 Å². The molecule has 1 saturated heterocycles. The predicted octanol–water partition coefficient (Wildman–Crippen LogP) is 1.62. The van der Waals surface area contributed by atoms with Crippen LogP contribution in [-0.2, 0) is 4.74 Å². The number of anilines is 1. The molecule has 2 N–H and O–H groups in total. The van der Waals surface area contributed by atoms with E-state index in [4.69, 9.17) is 16.3 Å². The second-order valence-corrected chi connectivity index (χ2v) is 6.99. The van der Waals surface area contributed by atoms with E-state index in [0.29, 0.717) is 24.6 Å². The molecular formula is C14H22ClN5O3. The molecule has 0 aromatic carbocycles. The van der Waals surface area contributed by atoms with Gasteiger partial charge in [-0.1, -0.05) is 11.6 Å². The van der Waals surface area contributed by atoms with Crippen LogP contribution in [0.5, 0.6) is 0 Å². The number of aliphatic hydroxyl groups excluding tert-OH is 1. The van der Waals surface area contributed by atoms with Gasteiger partial charge in [0.2, 0.25) is 5.95 Å². The lowest BCUT2D eigenvalue weighted by atomic mass is 10.0. The van der Waals surface area contributed by atoms with E-state index in [1.54, 1.807) is 27.7 Å². The third-order valence-corrected chi connectivity index (χ3v) is 3.57. The number of aryl methyl sites for hydroxylation is 1. The van der Waals surface area contributed by atoms with Gasteiger partial charge in [0, 0.05) is 12.6 Å². The molecule has 1 aromatic rings. The number of nitrogens with one attached hydrogen (secondary N) is 1. The molecule has 2 heterocycles. The van der Waals surface area contributed by atoms with E-state index in [2.05, 4.69) is 20.5 Å². The summed E-state index contributed by atoms with van der Waals surface area (Å²) in [6.07, 6.45) is -0.617. The Morgan fingerprint density at radius 3 is 2.70 bits per heavy atom. The zero-order valence-corrected chi connectivity index (χ0v) is 14.5. The molecule has 1 fully saturated rings. The average Bonchev–Trinajstić information content (AvgIpc) is 2.40. The highest BCUT2D eigenvalue weighted by Gasteiger charge is 2.32. The lowest BCUT2D eigenvalue weighted by molar-refractivity contribution is 0.00175. The van der Waals surface area contributed by atoms with Gasteiger partial charge in [-0.15, -0.1) is 10.2 Å². The number of hydrogen-bond donors (Lipinski definition) is 2. The molecule has 9 heteroatoms. The van der Waals surface area contributed by atoms with Crippen LogP contribution >= 0.6 is 11.6 Å². The molecule has 8 nitrogen and oxygen atoms in total. The highest BCUT2D eigenvalue weighted by Crippen LogP contribution is 2.18. The number of carbonyl (C=O) groups is 1. The molecule has 0 aliphatic carbocycles. The van der Waals surface area contributed by atoms with Crippen molar-refractivity contribution in [2.24, 2.45) is 0 Å². The first-order valence-corrected chi connectivity index (χ1v) is 7.81. The van der Waals surface area contributed by atoms with Crippen molar-refractivity contribution in [3.05, 3.63) is 10.8 Å². The molecule has 2 atom stereocenters. The van der Waals surface area contributed by atoms with Gasteiger partial charge in [-0.3, -0.25) is 0 Å². The smallest absolute Gasteiger partial charge is 0.410 e. The molecule has 128 valence electrons. The van der Waals surface area contributed by atoms with Crippen LogP contribution in [0.1, 0.15) is 32.9 Å². The van der Waals surface area contributed by atoms with Crippen molar-refractivity contribution in [2.45, 2.75) is 51.9 Å². The molecule has 23 heavy (non-hydrogen) atoms. The Morgan fingerprint density at radius 1 is 1.39 bits per heavy atom. The van der Waals surface area contributed by atoms with Gasteiger partial charge in [0.05, 0.1) is 18.3 Å². The van der Waals surface area contributed by atoms with Crippen molar-refractivity contribution >= 4 is 23.6 Å². The maximum atomic E-state index is 12.2. The Balaban J connectivity index is 2.02. The average molecular weight is 344 g/mol. The van der Waals surface area contributed by atoms with Crippen molar-refractivity contribution < 1.29 is 14.6 Å². The fourth-order valence-corrected chi connectivity index (χ4v) is 2.37. The Labute approximate surface area is 140 Å². The summed E-state index contributed by atoms with van der Waals surface area (Å²) in [7, 11) is 0. The van der Waals surface area contributed by atoms with Crippen LogP contribution in [0.3, 0.4) is 0 Å². The quantitative estimate of drug-likeness (QED) is 0.841. The molecule has 0 spiro atoms. The lowest BCUT2D eigenvalue weighted by Crippen LogP contribution is -2.52. The summed E-state index contributed by atoms with van der Waals surface area (Å²) >= 11 is 5.80. The van der Waals surface area contributed by atoms with Crippen molar-refractivity contribution in [3.8, 4) is 0 Å². The van der Waals surface area contributed by atoms with Crippen LogP contribution in [0.2, 0.25) is 5.15 Å². The number of aliphatic hydroxyl groups is 1. The van der Waals surface area contributed by atoms with Gasteiger partial charge in [0.25, 0.3) is 0 Å². The molecule has 1 aliphatic heterocycles. The topological polar surface area (TPSA) is 100 Å². The first-order valence-electron chi connectivity index (χ1n) is 7.43. The highest BCUT2D eigenvalue weighted by atomic mass is 35.5. The number of hydrogen-bond acceptors (Lipinski definition) is 7. The first kappa shape index (κ1) is 17.7. The van der Waals surface area contributed by atoms with Gasteiger partial charge in [-0.05, 0) is 34.1 Å². The van der Waals surface area contributed by atoms with Crippen LogP contribution in [0, 0.1) is 6.92 Å². The summed E-state index contributed by atoms with van der Waals surface area (Å²) in [5.41, 5.74) is -0.0209. The number of halogens is 1. The van der Waals surface area contributed by atoms with Crippen LogP contribution in [0.15, 0.2) is 0 Å². The largest absolute Gasteiger partial charge is 0.444 e. The van der Waals surface area contributed by atoms with E-state index >= 15 is 0 Å². The van der Waals surface area contributed by atoms with Crippen molar-refractivity contribution in [3.63, 3.8) is 0 Å². The number of nitrogens with zero attached hydrogens (tertiary/aromatic N) is 4. The maximum absolute atomic E-state index is 12.2. The second-order valence-electron chi connectivity index (χ2n) is 6.63. The zero-order valence-electron chi connectivity index (χ0n) is 13.7. The monoisotopic (exact) mass is 343 g/mol. The number of rotatable bonds is 2. The molecule has 1 aliphatic rings. The minimum absolute atomic E-state index is 0.200. The number of β-amino-alcohol motifs (C(OH)–C–C–N with tert-alkyl or cyclic N) is 1. The van der Waals surface area contributed by atoms with E-state index in [9.17, 15) is 9.90 Å². The molecule has 1 amide bonds. The van der Waals surface area contributed by atoms with Gasteiger partial charge in [0.15, 0.2) is 5.15 Å². The Hall–Kier alpha value is -1.67. The van der Waals surface area contributed by atoms with Gasteiger partial charge < -0.3 is 20.1 Å². The number of carbonyl (C=O) groups excluding carboxylic acids is 1. The van der Waals surface area contributed by atoms with Gasteiger partial charge >= 0.3 is 6.09 Å². The van der Waals surface area contributed by atoms with Gasteiger partial charge in [-0.2, -0.15) is 0 Å². The van der Waals surface area contributed by atoms with E-state index in [-0.39, 0.29) is 17.7 Å². The van der Waals surface area contributed by atoms with Gasteiger partial charge in [-0.25, -0.2) is 9.78 Å². The molecule has 0 radical (unpaired) electrons. The van der Waals surface area contributed by atoms with Crippen LogP contribution in [0.4, 0.5) is 10.7 Å². The normalized spacial score (nSPS) is 21.9. The predicted molar refractivity (Wildman–Crippen MR) is 85.4 cm³/mol. The van der Waals surface area contributed by atoms with E-state index in [1.807, 2.05) is 0 Å². The zero-order chi connectivity index (χ0) is 17.2. The summed E-state index contributed by atoms with van der Waals surface area (Å²) in [5, 5.41) is 21.0. The summed E-state index contributed by atoms with van der Waals surface area (Å²) in [5.74, 6) is 0.315. The fourth-order valence-electron chi connectivity index (χ4n) is 2.29. The number of amides is 1. The summed E-state index contributed by atoms with van der Waals surface area (Å²) in [6.45, 7) is 7.76.